The second kappa shape index (κ2) is 6.22. The highest BCUT2D eigenvalue weighted by atomic mass is 16.5. The lowest BCUT2D eigenvalue weighted by atomic mass is 9.95. The first-order valence-electron chi connectivity index (χ1n) is 7.41. The second-order valence-corrected chi connectivity index (χ2v) is 5.66. The van der Waals surface area contributed by atoms with Crippen molar-refractivity contribution in [1.82, 2.24) is 14.9 Å². The number of methoxy groups -OCH3 is 1. The third kappa shape index (κ3) is 3.22. The van der Waals surface area contributed by atoms with Gasteiger partial charge in [0.2, 0.25) is 0 Å². The number of ether oxygens (including phenoxy) is 1. The minimum Gasteiger partial charge on any atom is -0.497 e. The highest BCUT2D eigenvalue weighted by molar-refractivity contribution is 5.60. The molecule has 1 fully saturated rings. The molecular weight excluding hydrogens is 262 g/mol. The maximum atomic E-state index is 5.28. The van der Waals surface area contributed by atoms with Crippen LogP contribution in [0.2, 0.25) is 0 Å². The molecule has 0 spiro atoms. The Morgan fingerprint density at radius 3 is 3.00 bits per heavy atom. The van der Waals surface area contributed by atoms with Crippen molar-refractivity contribution < 1.29 is 4.74 Å². The summed E-state index contributed by atoms with van der Waals surface area (Å²) in [5, 5.41) is 0. The van der Waals surface area contributed by atoms with Crippen molar-refractivity contribution in [3.05, 3.63) is 42.4 Å². The minimum atomic E-state index is 0.488. The van der Waals surface area contributed by atoms with Crippen LogP contribution in [0.25, 0.3) is 11.3 Å². The molecule has 2 aromatic rings. The van der Waals surface area contributed by atoms with Gasteiger partial charge in [-0.05, 0) is 38.6 Å². The highest BCUT2D eigenvalue weighted by Gasteiger charge is 2.20. The van der Waals surface area contributed by atoms with Crippen molar-refractivity contribution in [1.29, 1.82) is 0 Å². The summed E-state index contributed by atoms with van der Waals surface area (Å²) in [4.78, 5) is 11.6. The van der Waals surface area contributed by atoms with E-state index in [9.17, 15) is 0 Å². The number of benzene rings is 1. The molecule has 4 heteroatoms. The zero-order valence-corrected chi connectivity index (χ0v) is 12.6. The van der Waals surface area contributed by atoms with E-state index in [0.29, 0.717) is 5.92 Å². The Morgan fingerprint density at radius 2 is 2.19 bits per heavy atom. The normalized spacial score (nSPS) is 19.4. The largest absolute Gasteiger partial charge is 0.497 e. The van der Waals surface area contributed by atoms with Crippen molar-refractivity contribution in [2.75, 3.05) is 27.2 Å². The van der Waals surface area contributed by atoms with Gasteiger partial charge in [-0.25, -0.2) is 4.98 Å². The molecule has 1 aliphatic rings. The SMILES string of the molecule is COc1cccc(-c2cncc(C3CCCN(C)C3)n2)c1. The number of hydrogen-bond acceptors (Lipinski definition) is 4. The van der Waals surface area contributed by atoms with Crippen molar-refractivity contribution in [2.24, 2.45) is 0 Å². The average molecular weight is 283 g/mol. The van der Waals surface area contributed by atoms with E-state index < -0.39 is 0 Å². The summed E-state index contributed by atoms with van der Waals surface area (Å²) in [6, 6.07) is 7.97. The maximum Gasteiger partial charge on any atom is 0.119 e. The molecule has 110 valence electrons. The van der Waals surface area contributed by atoms with E-state index in [1.54, 1.807) is 7.11 Å². The molecule has 0 amide bonds. The monoisotopic (exact) mass is 283 g/mol. The number of rotatable bonds is 3. The van der Waals surface area contributed by atoms with E-state index in [2.05, 4.69) is 16.9 Å². The standard InChI is InChI=1S/C17H21N3O/c1-20-8-4-6-14(12-20)17-11-18-10-16(19-17)13-5-3-7-15(9-13)21-2/h3,5,7,9-11,14H,4,6,8,12H2,1-2H3. The molecule has 3 rings (SSSR count). The summed E-state index contributed by atoms with van der Waals surface area (Å²) < 4.78 is 5.28. The molecule has 0 aliphatic carbocycles. The van der Waals surface area contributed by atoms with Gasteiger partial charge in [0, 0.05) is 24.2 Å². The Balaban J connectivity index is 1.88. The number of likely N-dealkylation sites (tertiary alicyclic amines) is 1. The molecule has 0 N–H and O–H groups in total. The van der Waals surface area contributed by atoms with Crippen LogP contribution in [0.5, 0.6) is 5.75 Å². The van der Waals surface area contributed by atoms with E-state index >= 15 is 0 Å². The van der Waals surface area contributed by atoms with Crippen molar-refractivity contribution >= 4 is 0 Å². The second-order valence-electron chi connectivity index (χ2n) is 5.66. The Kier molecular flexibility index (Phi) is 4.15. The van der Waals surface area contributed by atoms with E-state index in [4.69, 9.17) is 9.72 Å². The fourth-order valence-electron chi connectivity index (χ4n) is 2.91. The average Bonchev–Trinajstić information content (AvgIpc) is 2.55. The van der Waals surface area contributed by atoms with E-state index in [1.807, 2.05) is 36.7 Å². The number of hydrogen-bond donors (Lipinski definition) is 0. The number of likely N-dealkylation sites (N-methyl/N-ethyl adjacent to an activating group) is 1. The zero-order valence-electron chi connectivity index (χ0n) is 12.6. The van der Waals surface area contributed by atoms with Gasteiger partial charge in [-0.15, -0.1) is 0 Å². The molecule has 1 aliphatic heterocycles. The van der Waals surface area contributed by atoms with Crippen LogP contribution in [0.3, 0.4) is 0 Å². The van der Waals surface area contributed by atoms with Gasteiger partial charge in [0.15, 0.2) is 0 Å². The number of nitrogens with zero attached hydrogens (tertiary/aromatic N) is 3. The molecule has 0 saturated carbocycles. The van der Waals surface area contributed by atoms with Crippen LogP contribution in [0.15, 0.2) is 36.7 Å². The Labute approximate surface area is 125 Å². The molecule has 1 aromatic heterocycles. The fraction of sp³-hybridized carbons (Fsp3) is 0.412. The molecule has 0 bridgehead atoms. The molecule has 1 saturated heterocycles. The molecular formula is C17H21N3O. The van der Waals surface area contributed by atoms with E-state index in [0.717, 1.165) is 29.2 Å². The van der Waals surface area contributed by atoms with Crippen LogP contribution in [0.4, 0.5) is 0 Å². The molecule has 1 atom stereocenters. The first kappa shape index (κ1) is 14.0. The molecule has 2 heterocycles. The first-order chi connectivity index (χ1) is 10.3. The van der Waals surface area contributed by atoms with Crippen LogP contribution in [0, 0.1) is 0 Å². The van der Waals surface area contributed by atoms with Crippen LogP contribution < -0.4 is 4.74 Å². The number of aromatic nitrogens is 2. The van der Waals surface area contributed by atoms with Gasteiger partial charge >= 0.3 is 0 Å². The van der Waals surface area contributed by atoms with Crippen LogP contribution in [-0.2, 0) is 0 Å². The highest BCUT2D eigenvalue weighted by Crippen LogP contribution is 2.27. The van der Waals surface area contributed by atoms with E-state index in [-0.39, 0.29) is 0 Å². The zero-order chi connectivity index (χ0) is 14.7. The minimum absolute atomic E-state index is 0.488. The summed E-state index contributed by atoms with van der Waals surface area (Å²) in [6.07, 6.45) is 6.16. The van der Waals surface area contributed by atoms with Gasteiger partial charge < -0.3 is 9.64 Å². The topological polar surface area (TPSA) is 38.2 Å². The van der Waals surface area contributed by atoms with Crippen LogP contribution in [-0.4, -0.2) is 42.1 Å². The fourth-order valence-corrected chi connectivity index (χ4v) is 2.91. The van der Waals surface area contributed by atoms with Gasteiger partial charge in [0.25, 0.3) is 0 Å². The quantitative estimate of drug-likeness (QED) is 0.868. The molecule has 21 heavy (non-hydrogen) atoms. The molecule has 1 aromatic carbocycles. The lowest BCUT2D eigenvalue weighted by molar-refractivity contribution is 0.248. The lowest BCUT2D eigenvalue weighted by Crippen LogP contribution is -2.31. The smallest absolute Gasteiger partial charge is 0.119 e. The molecule has 1 unspecified atom stereocenters. The van der Waals surface area contributed by atoms with Crippen molar-refractivity contribution in [3.8, 4) is 17.0 Å². The van der Waals surface area contributed by atoms with Gasteiger partial charge in [0.05, 0.1) is 24.7 Å². The third-order valence-corrected chi connectivity index (χ3v) is 4.06. The summed E-state index contributed by atoms with van der Waals surface area (Å²) >= 11 is 0. The van der Waals surface area contributed by atoms with Crippen molar-refractivity contribution in [3.63, 3.8) is 0 Å². The molecule has 0 radical (unpaired) electrons. The lowest BCUT2D eigenvalue weighted by Gasteiger charge is -2.29. The summed E-state index contributed by atoms with van der Waals surface area (Å²) in [7, 11) is 3.85. The summed E-state index contributed by atoms with van der Waals surface area (Å²) in [5.41, 5.74) is 3.06. The Hall–Kier alpha value is -1.94. The molecule has 4 nitrogen and oxygen atoms in total. The van der Waals surface area contributed by atoms with Gasteiger partial charge in [0.1, 0.15) is 5.75 Å². The first-order valence-corrected chi connectivity index (χ1v) is 7.41. The van der Waals surface area contributed by atoms with Crippen LogP contribution in [0.1, 0.15) is 24.5 Å². The summed E-state index contributed by atoms with van der Waals surface area (Å²) in [5.74, 6) is 1.33. The Bertz CT molecular complexity index is 614. The summed E-state index contributed by atoms with van der Waals surface area (Å²) in [6.45, 7) is 2.25. The van der Waals surface area contributed by atoms with Gasteiger partial charge in [-0.3, -0.25) is 4.98 Å². The Morgan fingerprint density at radius 1 is 1.29 bits per heavy atom. The number of piperidine rings is 1. The predicted octanol–water partition coefficient (Wildman–Crippen LogP) is 2.96. The maximum absolute atomic E-state index is 5.28. The van der Waals surface area contributed by atoms with Crippen LogP contribution >= 0.6 is 0 Å². The van der Waals surface area contributed by atoms with E-state index in [1.165, 1.54) is 19.4 Å². The predicted molar refractivity (Wildman–Crippen MR) is 83.5 cm³/mol. The third-order valence-electron chi connectivity index (χ3n) is 4.06. The van der Waals surface area contributed by atoms with Gasteiger partial charge in [-0.1, -0.05) is 12.1 Å². The van der Waals surface area contributed by atoms with Crippen molar-refractivity contribution in [2.45, 2.75) is 18.8 Å². The van der Waals surface area contributed by atoms with Gasteiger partial charge in [-0.2, -0.15) is 0 Å².